The maximum absolute atomic E-state index is 10.8. The molecule has 134 valence electrons. The summed E-state index contributed by atoms with van der Waals surface area (Å²) in [6.07, 6.45) is 1.47. The first-order valence-corrected chi connectivity index (χ1v) is 9.23. The zero-order valence-electron chi connectivity index (χ0n) is 15.0. The second kappa shape index (κ2) is 6.08. The highest BCUT2D eigenvalue weighted by Gasteiger charge is 2.34. The van der Waals surface area contributed by atoms with E-state index in [2.05, 4.69) is 39.0 Å². The Hall–Kier alpha value is -1.97. The van der Waals surface area contributed by atoms with Gasteiger partial charge in [0.25, 0.3) is 0 Å². The molecule has 9 heteroatoms. The van der Waals surface area contributed by atoms with Crippen LogP contribution in [-0.4, -0.2) is 72.5 Å². The van der Waals surface area contributed by atoms with Gasteiger partial charge in [0.05, 0.1) is 16.6 Å². The second-order valence-electron chi connectivity index (χ2n) is 6.69. The molecule has 8 nitrogen and oxygen atoms in total. The molecule has 1 N–H and O–H groups in total. The van der Waals surface area contributed by atoms with E-state index in [0.717, 1.165) is 42.4 Å². The summed E-state index contributed by atoms with van der Waals surface area (Å²) < 4.78 is 3.44. The predicted octanol–water partition coefficient (Wildman–Crippen LogP) is 1.18. The maximum Gasteiger partial charge on any atom is 0.230 e. The number of aromatic nitrogens is 5. The number of fused-ring (bicyclic) bond motifs is 1. The molecule has 0 spiro atoms. The van der Waals surface area contributed by atoms with Crippen LogP contribution in [0.5, 0.6) is 5.88 Å². The van der Waals surface area contributed by atoms with Crippen LogP contribution >= 0.6 is 11.3 Å². The van der Waals surface area contributed by atoms with E-state index in [4.69, 9.17) is 0 Å². The monoisotopic (exact) mass is 361 g/mol. The van der Waals surface area contributed by atoms with Crippen LogP contribution in [0.4, 0.5) is 0 Å². The lowest BCUT2D eigenvalue weighted by atomic mass is 10.0. The van der Waals surface area contributed by atoms with Gasteiger partial charge in [-0.05, 0) is 20.9 Å². The van der Waals surface area contributed by atoms with E-state index in [-0.39, 0.29) is 11.9 Å². The van der Waals surface area contributed by atoms with E-state index in [1.54, 1.807) is 0 Å². The van der Waals surface area contributed by atoms with Crippen LogP contribution in [-0.2, 0) is 7.05 Å². The normalized spacial score (nSPS) is 18.2. The van der Waals surface area contributed by atoms with Crippen LogP contribution in [0.25, 0.3) is 4.96 Å². The van der Waals surface area contributed by atoms with Crippen molar-refractivity contribution < 1.29 is 5.11 Å². The molecule has 4 heterocycles. The summed E-state index contributed by atoms with van der Waals surface area (Å²) in [4.78, 5) is 10.6. The van der Waals surface area contributed by atoms with Gasteiger partial charge >= 0.3 is 0 Å². The number of rotatable bonds is 3. The lowest BCUT2D eigenvalue weighted by molar-refractivity contribution is 0.126. The van der Waals surface area contributed by atoms with Crippen molar-refractivity contribution in [3.8, 4) is 5.88 Å². The predicted molar refractivity (Wildman–Crippen MR) is 96.1 cm³/mol. The highest BCUT2D eigenvalue weighted by atomic mass is 32.1. The van der Waals surface area contributed by atoms with Crippen LogP contribution in [0, 0.1) is 13.8 Å². The summed E-state index contributed by atoms with van der Waals surface area (Å²) in [6.45, 7) is 8.04. The van der Waals surface area contributed by atoms with Crippen molar-refractivity contribution >= 4 is 16.3 Å². The van der Waals surface area contributed by atoms with Crippen LogP contribution in [0.15, 0.2) is 6.33 Å². The Kier molecular flexibility index (Phi) is 4.01. The average Bonchev–Trinajstić information content (AvgIpc) is 3.22. The van der Waals surface area contributed by atoms with Gasteiger partial charge in [-0.25, -0.2) is 4.98 Å². The van der Waals surface area contributed by atoms with Gasteiger partial charge in [-0.2, -0.15) is 14.7 Å². The number of piperazine rings is 1. The third-order valence-electron chi connectivity index (χ3n) is 5.13. The molecular formula is C16H23N7OS. The van der Waals surface area contributed by atoms with E-state index in [0.29, 0.717) is 4.96 Å². The number of aryl methyl sites for hydroxylation is 2. The number of thiazole rings is 1. The van der Waals surface area contributed by atoms with Crippen LogP contribution < -0.4 is 0 Å². The lowest BCUT2D eigenvalue weighted by Gasteiger charge is -2.37. The van der Waals surface area contributed by atoms with Crippen molar-refractivity contribution in [2.24, 2.45) is 7.05 Å². The summed E-state index contributed by atoms with van der Waals surface area (Å²) in [5, 5.41) is 19.5. The molecule has 0 aliphatic carbocycles. The highest BCUT2D eigenvalue weighted by molar-refractivity contribution is 7.17. The average molecular weight is 361 g/mol. The van der Waals surface area contributed by atoms with Gasteiger partial charge in [-0.15, -0.1) is 0 Å². The van der Waals surface area contributed by atoms with Crippen molar-refractivity contribution in [3.63, 3.8) is 0 Å². The van der Waals surface area contributed by atoms with Crippen LogP contribution in [0.1, 0.15) is 27.9 Å². The Balaban J connectivity index is 1.86. The van der Waals surface area contributed by atoms with E-state index in [9.17, 15) is 5.11 Å². The van der Waals surface area contributed by atoms with Gasteiger partial charge in [-0.1, -0.05) is 11.3 Å². The minimum absolute atomic E-state index is 0.0316. The largest absolute Gasteiger partial charge is 0.492 e. The van der Waals surface area contributed by atoms with E-state index in [1.165, 1.54) is 27.7 Å². The van der Waals surface area contributed by atoms with Crippen molar-refractivity contribution in [2.75, 3.05) is 33.2 Å². The summed E-state index contributed by atoms with van der Waals surface area (Å²) in [7, 11) is 4.11. The number of likely N-dealkylation sites (N-methyl/N-ethyl adjacent to an activating group) is 1. The molecule has 1 aliphatic rings. The number of aromatic hydroxyl groups is 1. The fourth-order valence-corrected chi connectivity index (χ4v) is 4.69. The Morgan fingerprint density at radius 3 is 2.48 bits per heavy atom. The molecule has 3 aromatic heterocycles. The first-order valence-electron chi connectivity index (χ1n) is 8.41. The summed E-state index contributed by atoms with van der Waals surface area (Å²) in [5.74, 6) is 0.184. The first-order chi connectivity index (χ1) is 12.0. The molecule has 0 saturated carbocycles. The van der Waals surface area contributed by atoms with Gasteiger partial charge in [-0.3, -0.25) is 9.58 Å². The molecule has 25 heavy (non-hydrogen) atoms. The molecular weight excluding hydrogens is 338 g/mol. The fraction of sp³-hybridized carbons (Fsp3) is 0.562. The lowest BCUT2D eigenvalue weighted by Crippen LogP contribution is -2.46. The Morgan fingerprint density at radius 1 is 1.16 bits per heavy atom. The molecule has 3 aromatic rings. The van der Waals surface area contributed by atoms with Gasteiger partial charge in [0.2, 0.25) is 10.8 Å². The molecule has 1 aliphatic heterocycles. The highest BCUT2D eigenvalue weighted by Crippen LogP contribution is 2.41. The van der Waals surface area contributed by atoms with Crippen molar-refractivity contribution in [1.29, 1.82) is 0 Å². The molecule has 1 atom stereocenters. The number of hydrogen-bond donors (Lipinski definition) is 1. The molecule has 1 saturated heterocycles. The third-order valence-corrected chi connectivity index (χ3v) is 6.22. The standard InChI is InChI=1S/C16H23N7OS/c1-10-12(11(2)21(4)19-10)13(22-7-5-20(3)6-8-22)14-15(24)23-16(25-14)17-9-18-23/h9,13,24H,5-8H2,1-4H3/t13-/m0/s1. The quantitative estimate of drug-likeness (QED) is 0.755. The van der Waals surface area contributed by atoms with Gasteiger partial charge < -0.3 is 10.0 Å². The molecule has 0 unspecified atom stereocenters. The molecule has 4 rings (SSSR count). The zero-order chi connectivity index (χ0) is 17.7. The van der Waals surface area contributed by atoms with E-state index >= 15 is 0 Å². The minimum atomic E-state index is -0.0316. The maximum atomic E-state index is 10.8. The molecule has 1 fully saturated rings. The van der Waals surface area contributed by atoms with E-state index < -0.39 is 0 Å². The summed E-state index contributed by atoms with van der Waals surface area (Å²) in [5.41, 5.74) is 3.30. The summed E-state index contributed by atoms with van der Waals surface area (Å²) in [6, 6.07) is -0.0316. The number of hydrogen-bond acceptors (Lipinski definition) is 7. The van der Waals surface area contributed by atoms with Gasteiger partial charge in [0, 0.05) is 44.5 Å². The molecule has 0 bridgehead atoms. The topological polar surface area (TPSA) is 74.7 Å². The first kappa shape index (κ1) is 16.5. The van der Waals surface area contributed by atoms with Gasteiger partial charge in [0.15, 0.2) is 0 Å². The molecule has 0 amide bonds. The van der Waals surface area contributed by atoms with Crippen LogP contribution in [0.2, 0.25) is 0 Å². The minimum Gasteiger partial charge on any atom is -0.492 e. The summed E-state index contributed by atoms with van der Waals surface area (Å²) >= 11 is 1.50. The van der Waals surface area contributed by atoms with Crippen molar-refractivity contribution in [1.82, 2.24) is 34.2 Å². The van der Waals surface area contributed by atoms with Gasteiger partial charge in [0.1, 0.15) is 6.33 Å². The third kappa shape index (κ3) is 2.62. The SMILES string of the molecule is Cc1nn(C)c(C)c1[C@@H](c1sc2ncnn2c1O)N1CCN(C)CC1. The number of nitrogens with zero attached hydrogens (tertiary/aromatic N) is 7. The fourth-order valence-electron chi connectivity index (χ4n) is 3.62. The zero-order valence-corrected chi connectivity index (χ0v) is 15.8. The van der Waals surface area contributed by atoms with Crippen molar-refractivity contribution in [3.05, 3.63) is 28.2 Å². The Bertz CT molecular complexity index is 903. The molecule has 0 radical (unpaired) electrons. The Labute approximate surface area is 150 Å². The van der Waals surface area contributed by atoms with Crippen LogP contribution in [0.3, 0.4) is 0 Å². The molecule has 0 aromatic carbocycles. The smallest absolute Gasteiger partial charge is 0.230 e. The van der Waals surface area contributed by atoms with Crippen molar-refractivity contribution in [2.45, 2.75) is 19.9 Å². The van der Waals surface area contributed by atoms with E-state index in [1.807, 2.05) is 18.7 Å². The Morgan fingerprint density at radius 2 is 1.88 bits per heavy atom. The second-order valence-corrected chi connectivity index (χ2v) is 7.70.